The topological polar surface area (TPSA) is 34.9 Å². The van der Waals surface area contributed by atoms with Crippen LogP contribution in [0.25, 0.3) is 10.9 Å². The molecular formula is C9H7N2NaOS. The molecule has 1 aromatic carbocycles. The van der Waals surface area contributed by atoms with E-state index in [1.807, 2.05) is 0 Å². The van der Waals surface area contributed by atoms with Crippen LogP contribution in [0.4, 0.5) is 0 Å². The molecule has 1 heterocycles. The third kappa shape index (κ3) is 1.98. The third-order valence-electron chi connectivity index (χ3n) is 1.89. The molecule has 0 saturated carbocycles. The third-order valence-corrected chi connectivity index (χ3v) is 2.14. The number of aryl methyl sites for hydroxylation is 1. The molecule has 0 aliphatic carbocycles. The number of aromatic nitrogens is 2. The van der Waals surface area contributed by atoms with Crippen molar-refractivity contribution in [3.8, 4) is 0 Å². The van der Waals surface area contributed by atoms with Crippen LogP contribution < -0.4 is 35.1 Å². The second-order valence-corrected chi connectivity index (χ2v) is 3.31. The Bertz CT molecular complexity index is 518. The van der Waals surface area contributed by atoms with Crippen LogP contribution in [0.3, 0.4) is 0 Å². The van der Waals surface area contributed by atoms with E-state index in [-0.39, 0.29) is 35.1 Å². The summed E-state index contributed by atoms with van der Waals surface area (Å²) in [6.07, 6.45) is 1.51. The molecule has 3 nitrogen and oxygen atoms in total. The van der Waals surface area contributed by atoms with Gasteiger partial charge in [0.05, 0.1) is 17.2 Å². The molecule has 1 aromatic heterocycles. The minimum absolute atomic E-state index is 0. The van der Waals surface area contributed by atoms with Crippen molar-refractivity contribution in [1.29, 1.82) is 0 Å². The first-order valence-electron chi connectivity index (χ1n) is 3.81. The largest absolute Gasteiger partial charge is 1.00 e. The number of fused-ring (bicyclic) bond motifs is 1. The Kier molecular flexibility index (Phi) is 3.66. The predicted octanol–water partition coefficient (Wildman–Crippen LogP) is -2.16. The molecule has 0 N–H and O–H groups in total. The minimum Gasteiger partial charge on any atom is -0.780 e. The Morgan fingerprint density at radius 2 is 2.14 bits per heavy atom. The van der Waals surface area contributed by atoms with E-state index < -0.39 is 0 Å². The average molecular weight is 214 g/mol. The van der Waals surface area contributed by atoms with Crippen molar-refractivity contribution in [3.63, 3.8) is 0 Å². The Morgan fingerprint density at radius 3 is 2.86 bits per heavy atom. The fourth-order valence-corrected chi connectivity index (χ4v) is 1.38. The van der Waals surface area contributed by atoms with E-state index in [2.05, 4.69) is 4.98 Å². The van der Waals surface area contributed by atoms with Gasteiger partial charge in [-0.1, -0.05) is 12.1 Å². The quantitative estimate of drug-likeness (QED) is 0.370. The number of benzene rings is 1. The summed E-state index contributed by atoms with van der Waals surface area (Å²) in [5.74, 6) is 0. The molecule has 14 heavy (non-hydrogen) atoms. The molecule has 0 aliphatic rings. The Labute approximate surface area is 109 Å². The summed E-state index contributed by atoms with van der Waals surface area (Å²) in [6.45, 7) is 0. The van der Waals surface area contributed by atoms with Gasteiger partial charge >= 0.3 is 29.6 Å². The van der Waals surface area contributed by atoms with E-state index in [0.717, 1.165) is 0 Å². The van der Waals surface area contributed by atoms with E-state index in [1.54, 1.807) is 25.2 Å². The van der Waals surface area contributed by atoms with Gasteiger partial charge in [0.25, 0.3) is 5.56 Å². The van der Waals surface area contributed by atoms with Gasteiger partial charge in [0.2, 0.25) is 0 Å². The smallest absolute Gasteiger partial charge is 0.780 e. The van der Waals surface area contributed by atoms with Gasteiger partial charge < -0.3 is 17.2 Å². The molecule has 66 valence electrons. The van der Waals surface area contributed by atoms with Gasteiger partial charge in [0.15, 0.2) is 0 Å². The zero-order valence-electron chi connectivity index (χ0n) is 8.02. The van der Waals surface area contributed by atoms with Gasteiger partial charge in [-0.2, -0.15) is 4.90 Å². The van der Waals surface area contributed by atoms with Crippen molar-refractivity contribution >= 4 is 23.5 Å². The van der Waals surface area contributed by atoms with Crippen molar-refractivity contribution in [2.24, 2.45) is 7.05 Å². The van der Waals surface area contributed by atoms with Gasteiger partial charge in [0.1, 0.15) is 0 Å². The summed E-state index contributed by atoms with van der Waals surface area (Å²) in [4.78, 5) is 16.3. The molecule has 0 fully saturated rings. The molecule has 0 bridgehead atoms. The molecule has 0 unspecified atom stereocenters. The number of rotatable bonds is 0. The first kappa shape index (κ1) is 11.7. The molecule has 0 aliphatic heterocycles. The zero-order chi connectivity index (χ0) is 9.42. The van der Waals surface area contributed by atoms with Gasteiger partial charge in [-0.05, 0) is 6.07 Å². The first-order chi connectivity index (χ1) is 6.18. The molecule has 0 saturated heterocycles. The Morgan fingerprint density at radius 1 is 1.43 bits per heavy atom. The van der Waals surface area contributed by atoms with Crippen LogP contribution in [0.1, 0.15) is 0 Å². The number of hydrogen-bond donors (Lipinski definition) is 0. The van der Waals surface area contributed by atoms with Gasteiger partial charge in [-0.15, -0.1) is 0 Å². The zero-order valence-corrected chi connectivity index (χ0v) is 10.8. The maximum atomic E-state index is 11.6. The monoisotopic (exact) mass is 214 g/mol. The SMILES string of the molecule is Cn1cnc2ccc([S-])cc2c1=O.[Na+]. The van der Waals surface area contributed by atoms with Crippen LogP contribution in [-0.2, 0) is 19.7 Å². The van der Waals surface area contributed by atoms with E-state index >= 15 is 0 Å². The maximum absolute atomic E-state index is 11.6. The van der Waals surface area contributed by atoms with Crippen molar-refractivity contribution in [2.75, 3.05) is 0 Å². The molecule has 0 amide bonds. The van der Waals surface area contributed by atoms with Crippen LogP contribution in [0.2, 0.25) is 0 Å². The standard InChI is InChI=1S/C9H8N2OS.Na/c1-11-5-10-8-3-2-6(13)4-7(8)9(11)12;/h2-5,13H,1H3;/q;+1/p-1. The van der Waals surface area contributed by atoms with Gasteiger partial charge in [-0.25, -0.2) is 4.98 Å². The fourth-order valence-electron chi connectivity index (χ4n) is 1.19. The normalized spacial score (nSPS) is 9.79. The Hall–Kier alpha value is -0.420. The summed E-state index contributed by atoms with van der Waals surface area (Å²) in [7, 11) is 1.67. The molecule has 0 atom stereocenters. The van der Waals surface area contributed by atoms with E-state index in [9.17, 15) is 4.79 Å². The summed E-state index contributed by atoms with van der Waals surface area (Å²) in [6, 6.07) is 5.21. The van der Waals surface area contributed by atoms with Crippen LogP contribution in [0.15, 0.2) is 34.2 Å². The summed E-state index contributed by atoms with van der Waals surface area (Å²) in [5, 5.41) is 0.581. The summed E-state index contributed by atoms with van der Waals surface area (Å²) >= 11 is 4.97. The van der Waals surface area contributed by atoms with E-state index in [1.165, 1.54) is 10.9 Å². The second kappa shape index (κ2) is 4.40. The van der Waals surface area contributed by atoms with E-state index in [4.69, 9.17) is 12.6 Å². The minimum atomic E-state index is -0.0586. The average Bonchev–Trinajstić information content (AvgIpc) is 2.12. The molecular weight excluding hydrogens is 207 g/mol. The number of nitrogens with zero attached hydrogens (tertiary/aromatic N) is 2. The summed E-state index contributed by atoms with van der Waals surface area (Å²) in [5.41, 5.74) is 0.633. The second-order valence-electron chi connectivity index (χ2n) is 2.84. The Balaban J connectivity index is 0.000000980. The maximum Gasteiger partial charge on any atom is 1.00 e. The van der Waals surface area contributed by atoms with Crippen molar-refractivity contribution in [1.82, 2.24) is 9.55 Å². The molecule has 2 aromatic rings. The molecule has 2 rings (SSSR count). The number of hydrogen-bond acceptors (Lipinski definition) is 3. The van der Waals surface area contributed by atoms with Crippen molar-refractivity contribution in [3.05, 3.63) is 34.9 Å². The molecule has 5 heteroatoms. The van der Waals surface area contributed by atoms with Crippen LogP contribution in [0.5, 0.6) is 0 Å². The van der Waals surface area contributed by atoms with Gasteiger partial charge in [0, 0.05) is 7.05 Å². The summed E-state index contributed by atoms with van der Waals surface area (Å²) < 4.78 is 1.44. The molecule has 0 radical (unpaired) electrons. The first-order valence-corrected chi connectivity index (χ1v) is 4.22. The van der Waals surface area contributed by atoms with Crippen molar-refractivity contribution < 1.29 is 29.6 Å². The fraction of sp³-hybridized carbons (Fsp3) is 0.111. The van der Waals surface area contributed by atoms with E-state index in [0.29, 0.717) is 15.8 Å². The predicted molar refractivity (Wildman–Crippen MR) is 52.6 cm³/mol. The van der Waals surface area contributed by atoms with Crippen LogP contribution >= 0.6 is 0 Å². The van der Waals surface area contributed by atoms with Crippen molar-refractivity contribution in [2.45, 2.75) is 4.90 Å². The van der Waals surface area contributed by atoms with Crippen LogP contribution in [-0.4, -0.2) is 9.55 Å². The molecule has 0 spiro atoms. The van der Waals surface area contributed by atoms with Gasteiger partial charge in [-0.3, -0.25) is 4.79 Å². The van der Waals surface area contributed by atoms with Crippen LogP contribution in [0, 0.1) is 0 Å².